The number of Topliss-reactive ketones (excluding diaryl/α,β-unsaturated/α-hetero) is 1. The number of fused-ring (bicyclic) bond motifs is 7. The second-order valence-electron chi connectivity index (χ2n) is 37.5. The molecule has 7 saturated heterocycles. The molecule has 0 spiro atoms. The molecule has 7 heterocycles. The van der Waals surface area contributed by atoms with Gasteiger partial charge in [-0.2, -0.15) is 0 Å². The van der Waals surface area contributed by atoms with E-state index < -0.39 is 311 Å². The summed E-state index contributed by atoms with van der Waals surface area (Å²) in [4.78, 5) is 57.0. The van der Waals surface area contributed by atoms with E-state index in [1.54, 1.807) is 6.92 Å². The molecule has 0 bridgehead atoms. The molecule has 5 aliphatic carbocycles. The van der Waals surface area contributed by atoms with Gasteiger partial charge in [0.25, 0.3) is 0 Å². The van der Waals surface area contributed by atoms with Gasteiger partial charge in [0.05, 0.1) is 88.5 Å². The summed E-state index contributed by atoms with van der Waals surface area (Å²) in [5.41, 5.74) is -6.99. The van der Waals surface area contributed by atoms with E-state index in [9.17, 15) is 111 Å². The van der Waals surface area contributed by atoms with Crippen molar-refractivity contribution < 1.29 is 183 Å². The molecule has 0 radical (unpaired) electrons. The molecule has 15 unspecified atom stereocenters. The zero-order valence-corrected chi connectivity index (χ0v) is 68.5. The van der Waals surface area contributed by atoms with Crippen LogP contribution in [0.4, 0.5) is 0 Å². The van der Waals surface area contributed by atoms with Gasteiger partial charge in [0.2, 0.25) is 12.2 Å². The highest BCUT2D eigenvalue weighted by atomic mass is 16.8. The Bertz CT molecular complexity index is 3460. The molecule has 12 aliphatic rings. The zero-order valence-electron chi connectivity index (χ0n) is 68.5. The van der Waals surface area contributed by atoms with Gasteiger partial charge < -0.3 is 178 Å². The number of rotatable bonds is 27. The molecule has 7 aliphatic heterocycles. The first-order valence-corrected chi connectivity index (χ1v) is 41.7. The smallest absolute Gasteiger partial charge is 0.317 e. The highest BCUT2D eigenvalue weighted by molar-refractivity contribution is 5.80. The lowest BCUT2D eigenvalue weighted by Gasteiger charge is -2.71. The highest BCUT2D eigenvalue weighted by Crippen LogP contribution is 2.76. The molecule has 43 atom stereocenters. The minimum atomic E-state index is -2.15. The molecular formula is C80H129NO37. The Hall–Kier alpha value is -3.26. The van der Waals surface area contributed by atoms with E-state index in [2.05, 4.69) is 46.0 Å². The number of carbonyl (C=O) groups excluding carboxylic acids is 4. The Morgan fingerprint density at radius 1 is 0.593 bits per heavy atom. The van der Waals surface area contributed by atoms with Crippen LogP contribution in [-0.4, -0.2) is 369 Å². The first-order chi connectivity index (χ1) is 55.4. The maximum Gasteiger partial charge on any atom is 0.317 e. The number of carbonyl (C=O) groups is 4. The van der Waals surface area contributed by atoms with Crippen LogP contribution in [0.5, 0.6) is 0 Å². The number of allylic oxidation sites excluding steroid dienone is 2. The number of hydrogen-bond donors (Lipinski definition) is 20. The van der Waals surface area contributed by atoms with Crippen molar-refractivity contribution in [1.29, 1.82) is 0 Å². The molecule has 0 aromatic rings. The van der Waals surface area contributed by atoms with E-state index in [1.807, 2.05) is 13.8 Å². The molecule has 11 fully saturated rings. The minimum absolute atomic E-state index is 0.00714. The van der Waals surface area contributed by atoms with E-state index in [0.717, 1.165) is 11.9 Å². The summed E-state index contributed by atoms with van der Waals surface area (Å²) in [6.07, 6.45) is -47.1. The maximum absolute atomic E-state index is 16.2. The van der Waals surface area contributed by atoms with Gasteiger partial charge in [0.1, 0.15) is 139 Å². The topological polar surface area (TPSA) is 594 Å². The second-order valence-corrected chi connectivity index (χ2v) is 37.5. The van der Waals surface area contributed by atoms with Crippen molar-refractivity contribution in [1.82, 2.24) is 5.32 Å². The maximum atomic E-state index is 16.2. The van der Waals surface area contributed by atoms with Crippen molar-refractivity contribution in [2.45, 2.75) is 355 Å². The van der Waals surface area contributed by atoms with Gasteiger partial charge in [-0.15, -0.1) is 0 Å². The summed E-state index contributed by atoms with van der Waals surface area (Å²) in [5, 5.41) is 215. The summed E-state index contributed by atoms with van der Waals surface area (Å²) < 4.78 is 85.1. The van der Waals surface area contributed by atoms with Crippen molar-refractivity contribution in [2.24, 2.45) is 62.1 Å². The third kappa shape index (κ3) is 17.4. The fourth-order valence-electron chi connectivity index (χ4n) is 22.1. The normalized spacial score (nSPS) is 50.4. The third-order valence-corrected chi connectivity index (χ3v) is 29.6. The van der Waals surface area contributed by atoms with Crippen LogP contribution < -0.4 is 5.32 Å². The standard InChI is InChI=1S/C80H129NO37/c1-11-33(2)36(20-34(3)86)21-37(87)22-49(92)81-50-43(25-82)110-71(63(53(50)95)116-68-58(100)55(97)60(35(4)109-68)113-67-59(101)61(41(89)28-106-67)114-72-65(102)79(104,31-85)32-108-72)118-73(103)80-19-18-74(5,6)23-39(80)38-12-13-46-75(7)16-15-48(76(8,30-84)45(75)14-17-77(46,9)78(38,10)24-47(80)91)112-70-64(117-69-57(99)54(96)52(94)44(26-83)111-69)62(42(90)29-107-70)115-66-56(98)51(93)40(88)27-105-66/h12,30,33,35-37,39-48,50-72,82-83,85,87-91,93-102,104H,11,13-29,31-32H2,1-10H3,(H,81,92)/t33-,35?,36+,37+,39?,40-,41-,42-,43?,44?,45-,46?,47?,48+,50+,51+,52+,53?,54+,55?,56?,57?,58+,59-,60+,61?,62+,63-,64?,65?,66+,67+,68+,69+,70+,71+,72+,75?,76-,77?,78-,79+,80-/m1/s1. The molecule has 676 valence electrons. The summed E-state index contributed by atoms with van der Waals surface area (Å²) >= 11 is 0. The first-order valence-electron chi connectivity index (χ1n) is 41.7. The number of ketones is 1. The predicted molar refractivity (Wildman–Crippen MR) is 396 cm³/mol. The SMILES string of the molecule is CC[C@@H](C)[C@@H](CC(C)=O)C[C@H](O)CC(=O)N[C@H]1C(CO)O[C@@H](OC(=O)[C@]23CCC(C)(C)CC2C2=CCC4C5(C)CC[C@H](O[C@@H]6OC[C@@H](O)[C@H](O[C@@H]7OC[C@@H](O)[C@H](O)C7O)C6O[C@@H]6OC(CO)[C@H](O)[C@H](O)C6O)[C@](C)(C=O)[C@@H]5CCC4(C)[C@]2(C)CC3O)[C@H](O[C@@H]2OC(C)[C@H](O[C@@H]3OC[C@@H](O)C(O[C@@H]4OC[C@@](O)(CO)C4O)[C@H]3O)C(O)[C@@H]2O)C1O. The van der Waals surface area contributed by atoms with Crippen LogP contribution in [0, 0.1) is 62.1 Å². The number of aldehydes is 1. The van der Waals surface area contributed by atoms with Crippen molar-refractivity contribution in [3.05, 3.63) is 11.6 Å². The van der Waals surface area contributed by atoms with Gasteiger partial charge in [0.15, 0.2) is 43.8 Å². The largest absolute Gasteiger partial charge is 0.432 e. The number of amides is 1. The third-order valence-electron chi connectivity index (χ3n) is 29.6. The summed E-state index contributed by atoms with van der Waals surface area (Å²) in [6, 6.07) is -1.63. The van der Waals surface area contributed by atoms with E-state index >= 15 is 4.79 Å². The summed E-state index contributed by atoms with van der Waals surface area (Å²) in [7, 11) is 0. The molecule has 38 nitrogen and oxygen atoms in total. The van der Waals surface area contributed by atoms with E-state index in [-0.39, 0.29) is 55.6 Å². The number of aliphatic hydroxyl groups is 19. The Morgan fingerprint density at radius 3 is 1.83 bits per heavy atom. The summed E-state index contributed by atoms with van der Waals surface area (Å²) in [5.74, 6) is -3.62. The van der Waals surface area contributed by atoms with Gasteiger partial charge >= 0.3 is 5.97 Å². The van der Waals surface area contributed by atoms with Crippen molar-refractivity contribution >= 4 is 23.9 Å². The van der Waals surface area contributed by atoms with E-state index in [0.29, 0.717) is 44.9 Å². The number of nitrogens with one attached hydrogen (secondary N) is 1. The van der Waals surface area contributed by atoms with Gasteiger partial charge in [-0.25, -0.2) is 0 Å². The fourth-order valence-corrected chi connectivity index (χ4v) is 22.1. The van der Waals surface area contributed by atoms with Gasteiger partial charge in [-0.3, -0.25) is 9.59 Å². The lowest BCUT2D eigenvalue weighted by atomic mass is 9.33. The van der Waals surface area contributed by atoms with Crippen molar-refractivity contribution in [3.63, 3.8) is 0 Å². The van der Waals surface area contributed by atoms with Crippen LogP contribution >= 0.6 is 0 Å². The van der Waals surface area contributed by atoms with Crippen LogP contribution in [0.15, 0.2) is 11.6 Å². The van der Waals surface area contributed by atoms with Crippen molar-refractivity contribution in [3.8, 4) is 0 Å². The molecule has 0 aromatic carbocycles. The lowest BCUT2D eigenvalue weighted by Crippen LogP contribution is -2.70. The molecule has 1 amide bonds. The lowest BCUT2D eigenvalue weighted by molar-refractivity contribution is -0.384. The first kappa shape index (κ1) is 93.9. The van der Waals surface area contributed by atoms with Crippen LogP contribution in [0.1, 0.15) is 153 Å². The van der Waals surface area contributed by atoms with Crippen LogP contribution in [-0.2, 0) is 85.5 Å². The predicted octanol–water partition coefficient (Wildman–Crippen LogP) is -4.92. The van der Waals surface area contributed by atoms with E-state index in [4.69, 9.17) is 66.3 Å². The van der Waals surface area contributed by atoms with Gasteiger partial charge in [-0.05, 0) is 129 Å². The highest BCUT2D eigenvalue weighted by Gasteiger charge is 2.73. The Morgan fingerprint density at radius 2 is 1.19 bits per heavy atom. The van der Waals surface area contributed by atoms with Gasteiger partial charge in [0, 0.05) is 6.42 Å². The van der Waals surface area contributed by atoms with Gasteiger partial charge in [-0.1, -0.05) is 73.5 Å². The Kier molecular flexibility index (Phi) is 29.1. The van der Waals surface area contributed by atoms with Crippen LogP contribution in [0.2, 0.25) is 0 Å². The summed E-state index contributed by atoms with van der Waals surface area (Å²) in [6.45, 7) is 14.2. The van der Waals surface area contributed by atoms with Crippen molar-refractivity contribution in [2.75, 3.05) is 46.2 Å². The molecule has 12 rings (SSSR count). The monoisotopic (exact) mass is 1700 g/mol. The molecule has 38 heteroatoms. The molecule has 118 heavy (non-hydrogen) atoms. The average Bonchev–Trinajstić information content (AvgIpc) is 0.715. The Labute approximate surface area is 684 Å². The van der Waals surface area contributed by atoms with Crippen LogP contribution in [0.3, 0.4) is 0 Å². The number of ether oxygens (including phenoxy) is 14. The zero-order chi connectivity index (χ0) is 86.3. The number of hydrogen-bond acceptors (Lipinski definition) is 37. The molecule has 0 aromatic heterocycles. The average molecular weight is 1700 g/mol. The molecule has 4 saturated carbocycles. The quantitative estimate of drug-likeness (QED) is 0.0159. The fraction of sp³-hybridized carbons (Fsp3) is 0.925. The van der Waals surface area contributed by atoms with E-state index in [1.165, 1.54) is 13.8 Å². The number of aliphatic hydroxyl groups excluding tert-OH is 18. The molecular weight excluding hydrogens is 1570 g/mol. The number of esters is 1. The molecule has 20 N–H and O–H groups in total. The Balaban J connectivity index is 0.805. The van der Waals surface area contributed by atoms with Crippen LogP contribution in [0.25, 0.3) is 0 Å². The second kappa shape index (κ2) is 36.6. The minimum Gasteiger partial charge on any atom is -0.432 e.